The lowest BCUT2D eigenvalue weighted by Crippen LogP contribution is -2.44. The zero-order valence-electron chi connectivity index (χ0n) is 12.5. The molecular weight excluding hydrogens is 310 g/mol. The molecule has 0 bridgehead atoms. The quantitative estimate of drug-likeness (QED) is 0.868. The van der Waals surface area contributed by atoms with Crippen molar-refractivity contribution in [3.63, 3.8) is 0 Å². The van der Waals surface area contributed by atoms with Crippen LogP contribution < -0.4 is 14.4 Å². The number of rotatable bonds is 3. The van der Waals surface area contributed by atoms with Crippen molar-refractivity contribution in [2.75, 3.05) is 18.1 Å². The highest BCUT2D eigenvalue weighted by Crippen LogP contribution is 2.35. The van der Waals surface area contributed by atoms with E-state index in [1.54, 1.807) is 13.8 Å². The molecule has 0 N–H and O–H groups in total. The van der Waals surface area contributed by atoms with Crippen molar-refractivity contribution in [3.8, 4) is 11.6 Å². The Kier molecular flexibility index (Phi) is 3.89. The SMILES string of the molecule is Cc1cc(OCC(=O)N2CC(C)Oc3cc(F)c(F)cc32)no1. The summed E-state index contributed by atoms with van der Waals surface area (Å²) in [4.78, 5) is 13.7. The number of hydrogen-bond donors (Lipinski definition) is 0. The van der Waals surface area contributed by atoms with Gasteiger partial charge in [0, 0.05) is 18.2 Å². The summed E-state index contributed by atoms with van der Waals surface area (Å²) < 4.78 is 42.3. The maximum atomic E-state index is 13.5. The fraction of sp³-hybridized carbons (Fsp3) is 0.333. The molecule has 1 aromatic carbocycles. The second-order valence-corrected chi connectivity index (χ2v) is 5.23. The van der Waals surface area contributed by atoms with Crippen molar-refractivity contribution < 1.29 is 27.6 Å². The summed E-state index contributed by atoms with van der Waals surface area (Å²) in [7, 11) is 0. The Morgan fingerprint density at radius 1 is 1.39 bits per heavy atom. The minimum absolute atomic E-state index is 0.119. The molecule has 0 saturated carbocycles. The zero-order valence-corrected chi connectivity index (χ0v) is 12.5. The fourth-order valence-corrected chi connectivity index (χ4v) is 2.29. The van der Waals surface area contributed by atoms with Gasteiger partial charge in [-0.25, -0.2) is 8.78 Å². The molecule has 6 nitrogen and oxygen atoms in total. The van der Waals surface area contributed by atoms with Gasteiger partial charge in [-0.2, -0.15) is 0 Å². The van der Waals surface area contributed by atoms with E-state index in [0.717, 1.165) is 12.1 Å². The second-order valence-electron chi connectivity index (χ2n) is 5.23. The number of carbonyl (C=O) groups is 1. The molecule has 2 heterocycles. The van der Waals surface area contributed by atoms with Gasteiger partial charge in [0.1, 0.15) is 17.6 Å². The van der Waals surface area contributed by atoms with E-state index >= 15 is 0 Å². The molecule has 1 aliphatic rings. The number of fused-ring (bicyclic) bond motifs is 1. The molecule has 1 atom stereocenters. The Bertz CT molecular complexity index is 747. The molecule has 0 spiro atoms. The summed E-state index contributed by atoms with van der Waals surface area (Å²) in [6.07, 6.45) is -0.356. The van der Waals surface area contributed by atoms with E-state index in [9.17, 15) is 13.6 Å². The number of benzene rings is 1. The highest BCUT2D eigenvalue weighted by atomic mass is 19.2. The third-order valence-electron chi connectivity index (χ3n) is 3.31. The molecule has 8 heteroatoms. The average molecular weight is 324 g/mol. The van der Waals surface area contributed by atoms with Crippen LogP contribution in [0.3, 0.4) is 0 Å². The Morgan fingerprint density at radius 3 is 2.83 bits per heavy atom. The molecular formula is C15H14F2N2O4. The van der Waals surface area contributed by atoms with E-state index < -0.39 is 17.5 Å². The number of anilines is 1. The topological polar surface area (TPSA) is 64.8 Å². The van der Waals surface area contributed by atoms with Crippen LogP contribution in [0, 0.1) is 18.6 Å². The van der Waals surface area contributed by atoms with Crippen molar-refractivity contribution in [1.82, 2.24) is 5.16 Å². The van der Waals surface area contributed by atoms with E-state index in [0.29, 0.717) is 5.76 Å². The number of halogens is 2. The molecule has 0 saturated heterocycles. The van der Waals surface area contributed by atoms with E-state index in [1.165, 1.54) is 11.0 Å². The Balaban J connectivity index is 1.79. The summed E-state index contributed by atoms with van der Waals surface area (Å²) in [5.41, 5.74) is 0.173. The summed E-state index contributed by atoms with van der Waals surface area (Å²) in [6, 6.07) is 3.41. The summed E-state index contributed by atoms with van der Waals surface area (Å²) >= 11 is 0. The average Bonchev–Trinajstić information content (AvgIpc) is 2.91. The molecule has 0 fully saturated rings. The third-order valence-corrected chi connectivity index (χ3v) is 3.31. The number of hydrogen-bond acceptors (Lipinski definition) is 5. The predicted octanol–water partition coefficient (Wildman–Crippen LogP) is 2.45. The molecule has 122 valence electrons. The number of carbonyl (C=O) groups excluding carboxylic acids is 1. The van der Waals surface area contributed by atoms with Gasteiger partial charge in [-0.15, -0.1) is 0 Å². The first-order valence-corrected chi connectivity index (χ1v) is 6.96. The maximum absolute atomic E-state index is 13.5. The summed E-state index contributed by atoms with van der Waals surface area (Å²) in [5.74, 6) is -1.65. The van der Waals surface area contributed by atoms with Gasteiger partial charge in [0.2, 0.25) is 0 Å². The van der Waals surface area contributed by atoms with Crippen molar-refractivity contribution in [2.24, 2.45) is 0 Å². The van der Waals surface area contributed by atoms with Gasteiger partial charge in [0.15, 0.2) is 18.2 Å². The van der Waals surface area contributed by atoms with Crippen molar-refractivity contribution >= 4 is 11.6 Å². The molecule has 1 aromatic heterocycles. The van der Waals surface area contributed by atoms with E-state index in [2.05, 4.69) is 5.16 Å². The normalized spacial score (nSPS) is 16.7. The molecule has 1 amide bonds. The van der Waals surface area contributed by atoms with Gasteiger partial charge in [-0.1, -0.05) is 0 Å². The van der Waals surface area contributed by atoms with Crippen molar-refractivity contribution in [1.29, 1.82) is 0 Å². The Hall–Kier alpha value is -2.64. The van der Waals surface area contributed by atoms with Crippen molar-refractivity contribution in [3.05, 3.63) is 35.6 Å². The van der Waals surface area contributed by atoms with Crippen molar-refractivity contribution in [2.45, 2.75) is 20.0 Å². The fourth-order valence-electron chi connectivity index (χ4n) is 2.29. The first kappa shape index (κ1) is 15.3. The van der Waals surface area contributed by atoms with Gasteiger partial charge in [-0.3, -0.25) is 4.79 Å². The van der Waals surface area contributed by atoms with Gasteiger partial charge < -0.3 is 18.9 Å². The minimum Gasteiger partial charge on any atom is -0.487 e. The lowest BCUT2D eigenvalue weighted by atomic mass is 10.2. The molecule has 2 aromatic rings. The molecule has 0 radical (unpaired) electrons. The smallest absolute Gasteiger partial charge is 0.265 e. The largest absolute Gasteiger partial charge is 0.487 e. The lowest BCUT2D eigenvalue weighted by molar-refractivity contribution is -0.121. The van der Waals surface area contributed by atoms with Crippen LogP contribution in [0.1, 0.15) is 12.7 Å². The first-order chi connectivity index (χ1) is 10.9. The lowest BCUT2D eigenvalue weighted by Gasteiger charge is -2.33. The zero-order chi connectivity index (χ0) is 16.6. The molecule has 0 aliphatic carbocycles. The Labute approximate surface area is 130 Å². The first-order valence-electron chi connectivity index (χ1n) is 6.96. The molecule has 1 unspecified atom stereocenters. The van der Waals surface area contributed by atoms with E-state index in [1.807, 2.05) is 0 Å². The molecule has 23 heavy (non-hydrogen) atoms. The summed E-state index contributed by atoms with van der Waals surface area (Å²) in [6.45, 7) is 3.32. The number of amides is 1. The van der Waals surface area contributed by atoms with Gasteiger partial charge in [0.05, 0.1) is 12.2 Å². The molecule has 3 rings (SSSR count). The van der Waals surface area contributed by atoms with Crippen LogP contribution in [0.2, 0.25) is 0 Å². The van der Waals surface area contributed by atoms with Crippen LogP contribution in [0.4, 0.5) is 14.5 Å². The molecule has 1 aliphatic heterocycles. The van der Waals surface area contributed by atoms with Gasteiger partial charge in [-0.05, 0) is 19.0 Å². The van der Waals surface area contributed by atoms with E-state index in [-0.39, 0.29) is 36.6 Å². The summed E-state index contributed by atoms with van der Waals surface area (Å²) in [5, 5.41) is 3.62. The maximum Gasteiger partial charge on any atom is 0.265 e. The van der Waals surface area contributed by atoms with Crippen LogP contribution in [0.25, 0.3) is 0 Å². The van der Waals surface area contributed by atoms with Crippen LogP contribution in [-0.2, 0) is 4.79 Å². The minimum atomic E-state index is -1.05. The highest BCUT2D eigenvalue weighted by molar-refractivity contribution is 5.96. The van der Waals surface area contributed by atoms with Gasteiger partial charge >= 0.3 is 0 Å². The highest BCUT2D eigenvalue weighted by Gasteiger charge is 2.29. The van der Waals surface area contributed by atoms with Crippen LogP contribution in [0.5, 0.6) is 11.6 Å². The number of ether oxygens (including phenoxy) is 2. The standard InChI is InChI=1S/C15H14F2N2O4/c1-8-3-14(18-23-8)21-7-15(20)19-6-9(2)22-13-5-11(17)10(16)4-12(13)19/h3-5,9H,6-7H2,1-2H3. The number of aryl methyl sites for hydroxylation is 1. The van der Waals surface area contributed by atoms with E-state index in [4.69, 9.17) is 14.0 Å². The van der Waals surface area contributed by atoms with Crippen LogP contribution >= 0.6 is 0 Å². The number of aromatic nitrogens is 1. The van der Waals surface area contributed by atoms with Gasteiger partial charge in [0.25, 0.3) is 11.8 Å². The second kappa shape index (κ2) is 5.86. The number of nitrogens with zero attached hydrogens (tertiary/aromatic N) is 2. The monoisotopic (exact) mass is 324 g/mol. The van der Waals surface area contributed by atoms with Crippen LogP contribution in [0.15, 0.2) is 22.7 Å². The Morgan fingerprint density at radius 2 is 2.13 bits per heavy atom. The van der Waals surface area contributed by atoms with Crippen LogP contribution in [-0.4, -0.2) is 30.3 Å². The third kappa shape index (κ3) is 3.10. The predicted molar refractivity (Wildman–Crippen MR) is 75.5 cm³/mol.